The minimum Gasteiger partial charge on any atom is 0 e. The molecule has 60 heavy (non-hydrogen) atoms. The molecule has 0 bridgehead atoms. The van der Waals surface area contributed by atoms with Crippen molar-refractivity contribution in [2.24, 2.45) is 0 Å². The van der Waals surface area contributed by atoms with Gasteiger partial charge in [-0.2, -0.15) is 0 Å². The van der Waals surface area contributed by atoms with Crippen molar-refractivity contribution in [2.75, 3.05) is 0 Å². The van der Waals surface area contributed by atoms with E-state index in [0.29, 0.717) is 11.3 Å². The first-order valence-corrected chi connectivity index (χ1v) is 27.8. The number of hydrogen-bond donors (Lipinski definition) is 0. The Morgan fingerprint density at radius 3 is 2.20 bits per heavy atom. The topological polar surface area (TPSA) is 82.5 Å². The number of benzene rings is 3. The average molecular weight is 1030 g/mol. The van der Waals surface area contributed by atoms with Crippen LogP contribution in [0.1, 0.15) is 64.3 Å². The molecule has 0 fully saturated rings. The normalized spacial score (nSPS) is 11.8. The maximum atomic E-state index is 6.44. The van der Waals surface area contributed by atoms with Crippen LogP contribution < -0.4 is 4.40 Å². The van der Waals surface area contributed by atoms with Crippen molar-refractivity contribution in [3.05, 3.63) is 151 Å². The monoisotopic (exact) mass is 1030 g/mol. The van der Waals surface area contributed by atoms with Crippen LogP contribution in [0, 0.1) is 12.1 Å². The number of imidazole rings is 1. The molecule has 9 rings (SSSR count). The van der Waals surface area contributed by atoms with Gasteiger partial charge in [0.15, 0.2) is 0 Å². The molecular weight excluding hydrogens is 977 g/mol. The van der Waals surface area contributed by atoms with Crippen LogP contribution in [0.5, 0.6) is 0 Å². The molecule has 0 aliphatic heterocycles. The van der Waals surface area contributed by atoms with Crippen LogP contribution in [0.4, 0.5) is 0 Å². The van der Waals surface area contributed by atoms with Crippen LogP contribution in [0.2, 0.25) is 17.3 Å². The quantitative estimate of drug-likeness (QED) is 0.117. The Hall–Kier alpha value is -5.28. The van der Waals surface area contributed by atoms with E-state index in [1.807, 2.05) is 36.7 Å². The zero-order valence-electron chi connectivity index (χ0n) is 35.8. The van der Waals surface area contributed by atoms with Crippen molar-refractivity contribution in [2.45, 2.75) is 76.6 Å². The van der Waals surface area contributed by atoms with Gasteiger partial charge in [0.25, 0.3) is 0 Å². The summed E-state index contributed by atoms with van der Waals surface area (Å²) in [4.78, 5) is 23.8. The van der Waals surface area contributed by atoms with Crippen LogP contribution in [0.15, 0.2) is 126 Å². The maximum Gasteiger partial charge on any atom is 0 e. The second-order valence-electron chi connectivity index (χ2n) is 17.4. The zero-order chi connectivity index (χ0) is 41.5. The van der Waals surface area contributed by atoms with Gasteiger partial charge in [-0.05, 0) is 53.1 Å². The van der Waals surface area contributed by atoms with E-state index in [-0.39, 0.29) is 31.4 Å². The third-order valence-electron chi connectivity index (χ3n) is 10.8. The predicted octanol–water partition coefficient (Wildman–Crippen LogP) is 12.3. The summed E-state index contributed by atoms with van der Waals surface area (Å²) < 4.78 is 10.2. The van der Waals surface area contributed by atoms with E-state index < -0.39 is 13.3 Å². The van der Waals surface area contributed by atoms with Gasteiger partial charge >= 0.3 is 113 Å². The third kappa shape index (κ3) is 8.51. The van der Waals surface area contributed by atoms with Crippen molar-refractivity contribution in [1.82, 2.24) is 29.5 Å². The Kier molecular flexibility index (Phi) is 12.4. The molecule has 0 saturated heterocycles. The molecule has 7 nitrogen and oxygen atoms in total. The molecule has 9 heteroatoms. The van der Waals surface area contributed by atoms with Crippen molar-refractivity contribution < 1.29 is 24.5 Å². The van der Waals surface area contributed by atoms with Gasteiger partial charge in [-0.15, -0.1) is 11.6 Å². The largest absolute Gasteiger partial charge is 0 e. The molecule has 0 saturated carbocycles. The van der Waals surface area contributed by atoms with Gasteiger partial charge in [-0.25, -0.2) is 4.98 Å². The summed E-state index contributed by atoms with van der Waals surface area (Å²) in [5.74, 6) is 8.25. The number of aryl methyl sites for hydroxylation is 1. The van der Waals surface area contributed by atoms with E-state index in [4.69, 9.17) is 14.4 Å². The standard InChI is InChI=1S/C35H30N5O.C16H20GeN.Ir/c1-21(2)27-19-36-20-28-31(27)40(24-13-11-23(12-14-24)22-9-7-6-8-10-22)33(38-28)26-17-18-37-30-25-15-16-29(35(3,4)5)39-34(25)41-32(26)30;1-5-13-11-16(14-9-7-6-8-10-14)18-12-15(13)17(2,3)4;/h6-16,18-21H,1-5H3;6-9,11-12H,5H2,1-4H3;/q2*-1;. The first-order chi connectivity index (χ1) is 28.3. The second kappa shape index (κ2) is 17.4. The van der Waals surface area contributed by atoms with Crippen LogP contribution in [-0.2, 0) is 31.9 Å². The molecule has 1 radical (unpaired) electrons. The Labute approximate surface area is 369 Å². The predicted molar refractivity (Wildman–Crippen MR) is 245 cm³/mol. The fourth-order valence-corrected chi connectivity index (χ4v) is 11.1. The number of fused-ring (bicyclic) bond motifs is 4. The average Bonchev–Trinajstić information content (AvgIpc) is 3.82. The van der Waals surface area contributed by atoms with Gasteiger partial charge in [-0.3, -0.25) is 15.0 Å². The molecule has 0 amide bonds. The first kappa shape index (κ1) is 42.8. The van der Waals surface area contributed by atoms with E-state index in [1.165, 1.54) is 15.5 Å². The molecule has 0 unspecified atom stereocenters. The molecule has 0 N–H and O–H groups in total. The van der Waals surface area contributed by atoms with Gasteiger partial charge in [0.2, 0.25) is 5.71 Å². The van der Waals surface area contributed by atoms with E-state index in [0.717, 1.165) is 73.5 Å². The Balaban J connectivity index is 0.000000241. The molecule has 3 aromatic carbocycles. The number of hydrogen-bond acceptors (Lipinski definition) is 6. The summed E-state index contributed by atoms with van der Waals surface area (Å²) in [5, 5.41) is 0.877. The molecule has 0 atom stereocenters. The van der Waals surface area contributed by atoms with Crippen molar-refractivity contribution in [3.8, 4) is 39.5 Å². The van der Waals surface area contributed by atoms with Crippen LogP contribution in [0.3, 0.4) is 0 Å². The van der Waals surface area contributed by atoms with Gasteiger partial charge in [-0.1, -0.05) is 77.1 Å². The molecule has 0 spiro atoms. The van der Waals surface area contributed by atoms with E-state index in [1.54, 1.807) is 6.20 Å². The molecule has 0 aliphatic rings. The second-order valence-corrected chi connectivity index (χ2v) is 28.0. The summed E-state index contributed by atoms with van der Waals surface area (Å²) in [6.07, 6.45) is 8.66. The minimum absolute atomic E-state index is 0. The third-order valence-corrected chi connectivity index (χ3v) is 15.1. The van der Waals surface area contributed by atoms with Crippen molar-refractivity contribution in [3.63, 3.8) is 0 Å². The smallest absolute Gasteiger partial charge is 0 e. The number of nitrogens with zero attached hydrogens (tertiary/aromatic N) is 6. The SMILES string of the molecule is CC(C)c1cncc2nc(-c3[c-]cnc4c3oc3nc(C(C)(C)C)ccc34)n(-c3ccc(-c4ccccc4)cc3)c12.CCc1cc(-c2[c-]cccc2)nc[c]1[Ge]([CH3])([CH3])[CH3].[Ir]. The number of furan rings is 1. The fourth-order valence-electron chi connectivity index (χ4n) is 7.57. The number of pyridine rings is 4. The van der Waals surface area contributed by atoms with Gasteiger partial charge < -0.3 is 8.98 Å². The summed E-state index contributed by atoms with van der Waals surface area (Å²) >= 11 is -1.80. The molecular formula is C51H50GeIrN6O-2. The number of aromatic nitrogens is 6. The fraction of sp³-hybridized carbons (Fsp3) is 0.235. The molecule has 0 aliphatic carbocycles. The summed E-state index contributed by atoms with van der Waals surface area (Å²) in [7, 11) is 0. The molecule has 9 aromatic rings. The van der Waals surface area contributed by atoms with E-state index in [9.17, 15) is 0 Å². The summed E-state index contributed by atoms with van der Waals surface area (Å²) in [6.45, 7) is 13.0. The van der Waals surface area contributed by atoms with E-state index >= 15 is 0 Å². The van der Waals surface area contributed by atoms with Gasteiger partial charge in [0.1, 0.15) is 0 Å². The van der Waals surface area contributed by atoms with E-state index in [2.05, 4.69) is 169 Å². The van der Waals surface area contributed by atoms with Gasteiger partial charge in [0.05, 0.1) is 33.7 Å². The molecule has 305 valence electrons. The Bertz CT molecular complexity index is 2910. The maximum absolute atomic E-state index is 6.44. The van der Waals surface area contributed by atoms with Crippen molar-refractivity contribution >= 4 is 50.9 Å². The zero-order valence-corrected chi connectivity index (χ0v) is 40.2. The van der Waals surface area contributed by atoms with Crippen molar-refractivity contribution in [1.29, 1.82) is 0 Å². The Morgan fingerprint density at radius 1 is 0.800 bits per heavy atom. The number of rotatable bonds is 7. The minimum atomic E-state index is -1.80. The van der Waals surface area contributed by atoms with Crippen LogP contribution in [-0.4, -0.2) is 42.8 Å². The van der Waals surface area contributed by atoms with Gasteiger partial charge in [0, 0.05) is 48.9 Å². The van der Waals surface area contributed by atoms with Crippen LogP contribution in [0.25, 0.3) is 72.7 Å². The first-order valence-electron chi connectivity index (χ1n) is 20.4. The molecule has 6 aromatic heterocycles. The molecule has 6 heterocycles. The van der Waals surface area contributed by atoms with Crippen LogP contribution >= 0.6 is 0 Å². The summed E-state index contributed by atoms with van der Waals surface area (Å²) in [6, 6.07) is 40.0. The Morgan fingerprint density at radius 2 is 1.53 bits per heavy atom. The summed E-state index contributed by atoms with van der Waals surface area (Å²) in [5.41, 5.74) is 13.4.